The van der Waals surface area contributed by atoms with Crippen molar-refractivity contribution in [3.05, 3.63) is 46.2 Å². The van der Waals surface area contributed by atoms with Crippen LogP contribution in [0, 0.1) is 5.92 Å². The highest BCUT2D eigenvalue weighted by molar-refractivity contribution is 6.24. The summed E-state index contributed by atoms with van der Waals surface area (Å²) >= 11 is 0. The molecule has 8 N–H and O–H groups in total. The summed E-state index contributed by atoms with van der Waals surface area (Å²) in [5, 5.41) is 43.6. The van der Waals surface area contributed by atoms with Gasteiger partial charge in [0.1, 0.15) is 22.8 Å². The number of carbonyl (C=O) groups excluding carboxylic acids is 3. The quantitative estimate of drug-likeness (QED) is 0.378. The van der Waals surface area contributed by atoms with Gasteiger partial charge in [0.05, 0.1) is 17.0 Å². The van der Waals surface area contributed by atoms with Crippen LogP contribution >= 0.6 is 0 Å². The predicted molar refractivity (Wildman–Crippen MR) is 110 cm³/mol. The summed E-state index contributed by atoms with van der Waals surface area (Å²) in [6.07, 6.45) is -0.142. The first-order chi connectivity index (χ1) is 14.4. The fraction of sp³-hybridized carbons (Fsp3) is 0.318. The number of Topliss-reactive ketones (excluding diaryl/α,β-unsaturated/α-hetero) is 2. The number of hydrogen-bond acceptors (Lipinski definition) is 8. The summed E-state index contributed by atoms with van der Waals surface area (Å²) in [7, 11) is 0. The van der Waals surface area contributed by atoms with Crippen LogP contribution < -0.4 is 11.5 Å². The molecule has 31 heavy (non-hydrogen) atoms. The molecular weight excluding hydrogens is 404 g/mol. The summed E-state index contributed by atoms with van der Waals surface area (Å²) in [6, 6.07) is 3.23. The Bertz CT molecular complexity index is 1230. The standard InChI is InChI=1S/C22H22N2O7/c1-7(2)9-3-4-12(25)14-10(9)5-8-6-11-16(23)18(27)15(21(24)30)20(29)22(11,31)19(28)13(8)17(14)26/h3-5,7,11,16,25-26,29,31H,6,23H2,1-2H3,(H2,24,30). The van der Waals surface area contributed by atoms with E-state index in [1.807, 2.05) is 13.8 Å². The Hall–Kier alpha value is -3.43. The summed E-state index contributed by atoms with van der Waals surface area (Å²) in [4.78, 5) is 37.6. The van der Waals surface area contributed by atoms with Crippen molar-refractivity contribution in [2.45, 2.75) is 37.8 Å². The Morgan fingerprint density at radius 3 is 2.42 bits per heavy atom. The van der Waals surface area contributed by atoms with Gasteiger partial charge in [0.25, 0.3) is 5.91 Å². The Morgan fingerprint density at radius 1 is 1.19 bits per heavy atom. The van der Waals surface area contributed by atoms with Crippen LogP contribution in [0.2, 0.25) is 0 Å². The molecule has 2 aromatic carbocycles. The van der Waals surface area contributed by atoms with E-state index < -0.39 is 52.1 Å². The van der Waals surface area contributed by atoms with Gasteiger partial charge in [-0.1, -0.05) is 19.9 Å². The van der Waals surface area contributed by atoms with Crippen molar-refractivity contribution in [3.8, 4) is 11.5 Å². The van der Waals surface area contributed by atoms with Gasteiger partial charge in [-0.15, -0.1) is 0 Å². The number of ketones is 2. The molecule has 2 aliphatic carbocycles. The van der Waals surface area contributed by atoms with Gasteiger partial charge in [-0.05, 0) is 41.0 Å². The Balaban J connectivity index is 2.07. The molecule has 2 aliphatic rings. The minimum atomic E-state index is -2.72. The topological polar surface area (TPSA) is 184 Å². The van der Waals surface area contributed by atoms with Gasteiger partial charge in [-0.3, -0.25) is 14.4 Å². The minimum Gasteiger partial charge on any atom is -0.508 e. The summed E-state index contributed by atoms with van der Waals surface area (Å²) in [6.45, 7) is 3.85. The molecule has 0 radical (unpaired) electrons. The number of carbonyl (C=O) groups is 3. The maximum Gasteiger partial charge on any atom is 0.255 e. The summed E-state index contributed by atoms with van der Waals surface area (Å²) in [5.74, 6) is -6.69. The Morgan fingerprint density at radius 2 is 1.84 bits per heavy atom. The lowest BCUT2D eigenvalue weighted by molar-refractivity contribution is -0.127. The average Bonchev–Trinajstić information content (AvgIpc) is 2.68. The van der Waals surface area contributed by atoms with Crippen molar-refractivity contribution < 1.29 is 34.8 Å². The second-order valence-electron chi connectivity index (χ2n) is 8.39. The lowest BCUT2D eigenvalue weighted by atomic mass is 9.62. The third-order valence-corrected chi connectivity index (χ3v) is 6.37. The molecule has 0 fully saturated rings. The van der Waals surface area contributed by atoms with E-state index in [4.69, 9.17) is 11.5 Å². The smallest absolute Gasteiger partial charge is 0.255 e. The molecule has 0 saturated heterocycles. The van der Waals surface area contributed by atoms with E-state index in [1.165, 1.54) is 6.07 Å². The number of benzene rings is 2. The molecule has 2 aromatic rings. The summed E-state index contributed by atoms with van der Waals surface area (Å²) < 4.78 is 0. The van der Waals surface area contributed by atoms with E-state index in [-0.39, 0.29) is 29.0 Å². The van der Waals surface area contributed by atoms with Crippen LogP contribution in [0.1, 0.15) is 41.3 Å². The number of hydrogen-bond donors (Lipinski definition) is 6. The van der Waals surface area contributed by atoms with Gasteiger partial charge in [0.15, 0.2) is 11.4 Å². The number of phenols is 2. The number of fused-ring (bicyclic) bond motifs is 3. The molecule has 0 saturated carbocycles. The van der Waals surface area contributed by atoms with Gasteiger partial charge >= 0.3 is 0 Å². The highest BCUT2D eigenvalue weighted by Crippen LogP contribution is 2.49. The van der Waals surface area contributed by atoms with Gasteiger partial charge in [-0.2, -0.15) is 0 Å². The van der Waals surface area contributed by atoms with Crippen LogP contribution in [0.5, 0.6) is 11.5 Å². The number of aliphatic hydroxyl groups is 2. The van der Waals surface area contributed by atoms with Gasteiger partial charge in [0, 0.05) is 5.92 Å². The molecule has 9 heteroatoms. The molecule has 0 aromatic heterocycles. The molecule has 4 rings (SSSR count). The molecule has 0 bridgehead atoms. The van der Waals surface area contributed by atoms with Crippen LogP contribution in [0.25, 0.3) is 10.8 Å². The second kappa shape index (κ2) is 6.53. The SMILES string of the molecule is CC(C)c1ccc(O)c2c(O)c3c(cc12)CC1C(N)C(=O)C(C(N)=O)=C(O)C1(O)C3=O. The Labute approximate surface area is 176 Å². The number of aliphatic hydroxyl groups excluding tert-OH is 1. The number of rotatable bonds is 2. The number of primary amides is 1. The van der Waals surface area contributed by atoms with Gasteiger partial charge in [-0.25, -0.2) is 0 Å². The lowest BCUT2D eigenvalue weighted by Crippen LogP contribution is -2.64. The normalized spacial score (nSPS) is 25.7. The van der Waals surface area contributed by atoms with E-state index in [1.54, 1.807) is 12.1 Å². The Kier molecular flexibility index (Phi) is 4.39. The molecule has 0 spiro atoms. The third kappa shape index (κ3) is 2.53. The van der Waals surface area contributed by atoms with E-state index in [2.05, 4.69) is 0 Å². The second-order valence-corrected chi connectivity index (χ2v) is 8.39. The first-order valence-corrected chi connectivity index (χ1v) is 9.73. The number of phenolic OH excluding ortho intramolecular Hbond substituents is 2. The molecule has 9 nitrogen and oxygen atoms in total. The lowest BCUT2D eigenvalue weighted by Gasteiger charge is -2.44. The molecule has 1 amide bonds. The molecule has 0 aliphatic heterocycles. The zero-order chi connectivity index (χ0) is 23.0. The molecule has 3 atom stereocenters. The van der Waals surface area contributed by atoms with Crippen LogP contribution in [-0.2, 0) is 16.0 Å². The maximum absolute atomic E-state index is 13.4. The van der Waals surface area contributed by atoms with Gasteiger partial charge in [0.2, 0.25) is 5.78 Å². The van der Waals surface area contributed by atoms with Crippen LogP contribution in [0.4, 0.5) is 0 Å². The van der Waals surface area contributed by atoms with Crippen LogP contribution in [0.15, 0.2) is 29.5 Å². The van der Waals surface area contributed by atoms with Crippen molar-refractivity contribution in [2.24, 2.45) is 17.4 Å². The number of nitrogens with two attached hydrogens (primary N) is 2. The molecular formula is C22H22N2O7. The first-order valence-electron chi connectivity index (χ1n) is 9.73. The fourth-order valence-electron chi connectivity index (χ4n) is 4.78. The van der Waals surface area contributed by atoms with Crippen LogP contribution in [0.3, 0.4) is 0 Å². The van der Waals surface area contributed by atoms with E-state index in [0.717, 1.165) is 5.56 Å². The fourth-order valence-corrected chi connectivity index (χ4v) is 4.78. The van der Waals surface area contributed by atoms with Gasteiger partial charge < -0.3 is 31.9 Å². The van der Waals surface area contributed by atoms with Crippen molar-refractivity contribution in [1.82, 2.24) is 0 Å². The number of aromatic hydroxyl groups is 2. The van der Waals surface area contributed by atoms with E-state index in [0.29, 0.717) is 10.9 Å². The predicted octanol–water partition coefficient (Wildman–Crippen LogP) is 0.668. The van der Waals surface area contributed by atoms with E-state index >= 15 is 0 Å². The van der Waals surface area contributed by atoms with Crippen molar-refractivity contribution in [1.29, 1.82) is 0 Å². The minimum absolute atomic E-state index is 0.0233. The molecule has 162 valence electrons. The zero-order valence-corrected chi connectivity index (χ0v) is 16.8. The molecule has 0 heterocycles. The first kappa shape index (κ1) is 20.8. The highest BCUT2D eigenvalue weighted by Gasteiger charge is 2.60. The third-order valence-electron chi connectivity index (χ3n) is 6.37. The average molecular weight is 426 g/mol. The van der Waals surface area contributed by atoms with Crippen molar-refractivity contribution in [3.63, 3.8) is 0 Å². The van der Waals surface area contributed by atoms with Crippen LogP contribution in [-0.4, -0.2) is 49.5 Å². The number of amides is 1. The summed E-state index contributed by atoms with van der Waals surface area (Å²) in [5.41, 5.74) is 8.26. The maximum atomic E-state index is 13.4. The highest BCUT2D eigenvalue weighted by atomic mass is 16.3. The zero-order valence-electron chi connectivity index (χ0n) is 16.8. The largest absolute Gasteiger partial charge is 0.508 e. The van der Waals surface area contributed by atoms with E-state index in [9.17, 15) is 34.8 Å². The molecule has 3 unspecified atom stereocenters. The monoisotopic (exact) mass is 426 g/mol. The van der Waals surface area contributed by atoms with Crippen molar-refractivity contribution in [2.75, 3.05) is 0 Å². The van der Waals surface area contributed by atoms with Crippen molar-refractivity contribution >= 4 is 28.2 Å².